The molecule has 0 unspecified atom stereocenters. The molecule has 33 heavy (non-hydrogen) atoms. The number of aromatic nitrogens is 2. The summed E-state index contributed by atoms with van der Waals surface area (Å²) in [4.78, 5) is 24.5. The van der Waals surface area contributed by atoms with Crippen molar-refractivity contribution < 1.29 is 9.59 Å². The number of hydrogen-bond donors (Lipinski definition) is 3. The predicted octanol–water partition coefficient (Wildman–Crippen LogP) is 6.37. The molecule has 170 valence electrons. The van der Waals surface area contributed by atoms with Crippen molar-refractivity contribution in [3.8, 4) is 5.69 Å². The van der Waals surface area contributed by atoms with E-state index in [1.165, 1.54) is 12.8 Å². The van der Waals surface area contributed by atoms with Crippen LogP contribution in [0.1, 0.15) is 49.3 Å². The molecule has 1 fully saturated rings. The number of fused-ring (bicyclic) bond motifs is 1. The Labute approximate surface area is 201 Å². The molecular formula is C24H23Cl2N5O2. The molecule has 1 saturated carbocycles. The van der Waals surface area contributed by atoms with Crippen LogP contribution in [0.25, 0.3) is 5.69 Å². The molecule has 0 bridgehead atoms. The van der Waals surface area contributed by atoms with Crippen LogP contribution in [0.4, 0.5) is 22.0 Å². The van der Waals surface area contributed by atoms with Gasteiger partial charge >= 0.3 is 6.03 Å². The first-order valence-corrected chi connectivity index (χ1v) is 11.8. The van der Waals surface area contributed by atoms with Gasteiger partial charge in [-0.2, -0.15) is 5.10 Å². The highest BCUT2D eigenvalue weighted by molar-refractivity contribution is 6.44. The van der Waals surface area contributed by atoms with Gasteiger partial charge in [0.15, 0.2) is 0 Å². The number of carbonyl (C=O) groups excluding carboxylic acids is 2. The van der Waals surface area contributed by atoms with Gasteiger partial charge in [-0.1, -0.05) is 42.1 Å². The van der Waals surface area contributed by atoms with E-state index in [1.807, 2.05) is 24.3 Å². The molecule has 1 aliphatic carbocycles. The van der Waals surface area contributed by atoms with Crippen LogP contribution in [0.3, 0.4) is 0 Å². The van der Waals surface area contributed by atoms with E-state index in [2.05, 4.69) is 16.0 Å². The van der Waals surface area contributed by atoms with E-state index in [1.54, 1.807) is 22.9 Å². The SMILES string of the molecule is O=C1CCc2cc(-n3nc(C4CCCC4)cc3NC(=O)Nc3cccc(Cl)c3Cl)ccc2N1. The van der Waals surface area contributed by atoms with Crippen LogP contribution < -0.4 is 16.0 Å². The third-order valence-corrected chi connectivity index (χ3v) is 6.99. The lowest BCUT2D eigenvalue weighted by Gasteiger charge is -2.18. The van der Waals surface area contributed by atoms with Gasteiger partial charge in [0.25, 0.3) is 0 Å². The molecule has 3 amide bonds. The minimum absolute atomic E-state index is 0.0246. The van der Waals surface area contributed by atoms with Crippen LogP contribution in [-0.2, 0) is 11.2 Å². The van der Waals surface area contributed by atoms with Crippen molar-refractivity contribution in [2.75, 3.05) is 16.0 Å². The fourth-order valence-corrected chi connectivity index (χ4v) is 4.83. The summed E-state index contributed by atoms with van der Waals surface area (Å²) in [5.41, 5.74) is 4.08. The molecule has 1 aromatic heterocycles. The largest absolute Gasteiger partial charge is 0.326 e. The molecule has 3 aromatic rings. The van der Waals surface area contributed by atoms with Crippen LogP contribution in [-0.4, -0.2) is 21.7 Å². The smallest absolute Gasteiger partial charge is 0.324 e. The number of hydrogen-bond acceptors (Lipinski definition) is 3. The molecule has 0 saturated heterocycles. The van der Waals surface area contributed by atoms with Gasteiger partial charge in [-0.05, 0) is 55.2 Å². The Morgan fingerprint density at radius 1 is 1.06 bits per heavy atom. The van der Waals surface area contributed by atoms with E-state index in [-0.39, 0.29) is 10.9 Å². The van der Waals surface area contributed by atoms with Crippen LogP contribution in [0, 0.1) is 0 Å². The summed E-state index contributed by atoms with van der Waals surface area (Å²) in [6.45, 7) is 0. The van der Waals surface area contributed by atoms with Crippen LogP contribution in [0.2, 0.25) is 10.0 Å². The molecule has 7 nitrogen and oxygen atoms in total. The molecule has 0 radical (unpaired) electrons. The monoisotopic (exact) mass is 483 g/mol. The second-order valence-electron chi connectivity index (χ2n) is 8.42. The molecule has 3 N–H and O–H groups in total. The van der Waals surface area contributed by atoms with Gasteiger partial charge in [0.2, 0.25) is 5.91 Å². The maximum absolute atomic E-state index is 12.8. The lowest BCUT2D eigenvalue weighted by Crippen LogP contribution is -2.22. The van der Waals surface area contributed by atoms with Crippen molar-refractivity contribution in [1.29, 1.82) is 0 Å². The Morgan fingerprint density at radius 2 is 1.88 bits per heavy atom. The Kier molecular flexibility index (Phi) is 6.00. The number of nitrogens with one attached hydrogen (secondary N) is 3. The fraction of sp³-hybridized carbons (Fsp3) is 0.292. The maximum atomic E-state index is 12.8. The predicted molar refractivity (Wildman–Crippen MR) is 131 cm³/mol. The van der Waals surface area contributed by atoms with Crippen molar-refractivity contribution in [3.05, 3.63) is 63.8 Å². The minimum Gasteiger partial charge on any atom is -0.326 e. The zero-order valence-corrected chi connectivity index (χ0v) is 19.3. The second-order valence-corrected chi connectivity index (χ2v) is 9.20. The normalized spacial score (nSPS) is 15.8. The first-order chi connectivity index (χ1) is 16.0. The first-order valence-electron chi connectivity index (χ1n) is 11.0. The highest BCUT2D eigenvalue weighted by Crippen LogP contribution is 2.36. The van der Waals surface area contributed by atoms with E-state index in [0.717, 1.165) is 35.5 Å². The van der Waals surface area contributed by atoms with Crippen LogP contribution in [0.15, 0.2) is 42.5 Å². The molecule has 2 aromatic carbocycles. The number of anilines is 3. The molecule has 1 aliphatic heterocycles. The van der Waals surface area contributed by atoms with E-state index in [4.69, 9.17) is 28.3 Å². The lowest BCUT2D eigenvalue weighted by atomic mass is 10.0. The van der Waals surface area contributed by atoms with Crippen molar-refractivity contribution in [1.82, 2.24) is 9.78 Å². The van der Waals surface area contributed by atoms with Gasteiger partial charge < -0.3 is 10.6 Å². The summed E-state index contributed by atoms with van der Waals surface area (Å²) in [6, 6.07) is 12.4. The molecule has 9 heteroatoms. The van der Waals surface area contributed by atoms with E-state index < -0.39 is 6.03 Å². The van der Waals surface area contributed by atoms with Gasteiger partial charge in [-0.25, -0.2) is 9.48 Å². The highest BCUT2D eigenvalue weighted by atomic mass is 35.5. The minimum atomic E-state index is -0.441. The quantitative estimate of drug-likeness (QED) is 0.402. The summed E-state index contributed by atoms with van der Waals surface area (Å²) in [6.07, 6.45) is 5.69. The van der Waals surface area contributed by atoms with Gasteiger partial charge in [0.1, 0.15) is 5.82 Å². The lowest BCUT2D eigenvalue weighted by molar-refractivity contribution is -0.116. The van der Waals surface area contributed by atoms with Gasteiger partial charge in [-0.3, -0.25) is 10.1 Å². The Bertz CT molecular complexity index is 1230. The number of nitrogens with zero attached hydrogens (tertiary/aromatic N) is 2. The van der Waals surface area contributed by atoms with Crippen molar-refractivity contribution in [3.63, 3.8) is 0 Å². The Hall–Kier alpha value is -3.03. The zero-order chi connectivity index (χ0) is 22.9. The standard InChI is InChI=1S/C24H23Cl2N5O2/c25-17-6-3-7-19(23(17)26)28-24(33)29-21-13-20(14-4-1-2-5-14)30-31(21)16-9-10-18-15(12-16)8-11-22(32)27-18/h3,6-7,9-10,12-14H,1-2,4-5,8,11H2,(H,27,32)(H2,28,29,33). The maximum Gasteiger partial charge on any atom is 0.324 e. The van der Waals surface area contributed by atoms with Gasteiger partial charge in [0, 0.05) is 24.1 Å². The number of rotatable bonds is 4. The van der Waals surface area contributed by atoms with Crippen molar-refractivity contribution in [2.45, 2.75) is 44.4 Å². The molecule has 0 spiro atoms. The number of halogens is 2. The van der Waals surface area contributed by atoms with E-state index in [0.29, 0.717) is 35.3 Å². The second kappa shape index (κ2) is 9.08. The molecule has 2 aliphatic rings. The number of amides is 3. The topological polar surface area (TPSA) is 88.0 Å². The average molecular weight is 484 g/mol. The Balaban J connectivity index is 1.45. The average Bonchev–Trinajstić information content (AvgIpc) is 3.47. The van der Waals surface area contributed by atoms with Crippen molar-refractivity contribution >= 4 is 52.3 Å². The highest BCUT2D eigenvalue weighted by Gasteiger charge is 2.23. The fourth-order valence-electron chi connectivity index (χ4n) is 4.48. The van der Waals surface area contributed by atoms with Crippen LogP contribution >= 0.6 is 23.2 Å². The van der Waals surface area contributed by atoms with Crippen LogP contribution in [0.5, 0.6) is 0 Å². The van der Waals surface area contributed by atoms with Gasteiger partial charge in [0.05, 0.1) is 27.1 Å². The van der Waals surface area contributed by atoms with E-state index >= 15 is 0 Å². The summed E-state index contributed by atoms with van der Waals surface area (Å²) in [7, 11) is 0. The number of aryl methyl sites for hydroxylation is 1. The van der Waals surface area contributed by atoms with E-state index in [9.17, 15) is 9.59 Å². The van der Waals surface area contributed by atoms with Gasteiger partial charge in [-0.15, -0.1) is 0 Å². The molecule has 2 heterocycles. The Morgan fingerprint density at radius 3 is 2.70 bits per heavy atom. The first kappa shape index (κ1) is 21.8. The molecular weight excluding hydrogens is 461 g/mol. The number of urea groups is 1. The third kappa shape index (κ3) is 4.56. The van der Waals surface area contributed by atoms with Crippen molar-refractivity contribution in [2.24, 2.45) is 0 Å². The zero-order valence-electron chi connectivity index (χ0n) is 17.8. The molecule has 0 atom stereocenters. The molecule has 5 rings (SSSR count). The number of carbonyl (C=O) groups is 2. The summed E-state index contributed by atoms with van der Waals surface area (Å²) >= 11 is 12.3. The summed E-state index contributed by atoms with van der Waals surface area (Å²) < 4.78 is 1.75. The number of benzene rings is 2. The summed E-state index contributed by atoms with van der Waals surface area (Å²) in [5, 5.41) is 14.1. The summed E-state index contributed by atoms with van der Waals surface area (Å²) in [5.74, 6) is 0.970. The third-order valence-electron chi connectivity index (χ3n) is 6.17.